The van der Waals surface area contributed by atoms with Gasteiger partial charge in [-0.15, -0.1) is 0 Å². The fourth-order valence-electron chi connectivity index (χ4n) is 2.15. The minimum Gasteiger partial charge on any atom is -0.440 e. The van der Waals surface area contributed by atoms with Crippen LogP contribution in [0, 0.1) is 5.92 Å². The molecule has 0 aliphatic carbocycles. The summed E-state index contributed by atoms with van der Waals surface area (Å²) in [7, 11) is 1.81. The Balaban J connectivity index is 1.90. The van der Waals surface area contributed by atoms with Crippen LogP contribution in [-0.2, 0) is 0 Å². The Morgan fingerprint density at radius 2 is 2.24 bits per heavy atom. The molecule has 5 heteroatoms. The van der Waals surface area contributed by atoms with Crippen molar-refractivity contribution in [1.29, 1.82) is 0 Å². The maximum absolute atomic E-state index is 12.0. The monoisotopic (exact) mass is 256 g/mol. The summed E-state index contributed by atoms with van der Waals surface area (Å²) < 4.78 is 5.12. The molecule has 1 aliphatic heterocycles. The first-order valence-electron chi connectivity index (χ1n) is 5.88. The van der Waals surface area contributed by atoms with Crippen LogP contribution in [0.25, 0.3) is 0 Å². The van der Waals surface area contributed by atoms with Gasteiger partial charge in [0.2, 0.25) is 0 Å². The largest absolute Gasteiger partial charge is 0.440 e. The molecule has 94 valence electrons. The van der Waals surface area contributed by atoms with E-state index < -0.39 is 0 Å². The molecule has 1 aliphatic rings. The van der Waals surface area contributed by atoms with E-state index in [0.29, 0.717) is 11.7 Å². The van der Waals surface area contributed by atoms with Crippen molar-refractivity contribution in [1.82, 2.24) is 10.2 Å². The number of rotatable bonds is 3. The van der Waals surface area contributed by atoms with Gasteiger partial charge < -0.3 is 14.6 Å². The fraction of sp³-hybridized carbons (Fsp3) is 0.583. The zero-order valence-corrected chi connectivity index (χ0v) is 10.7. The third kappa shape index (κ3) is 3.23. The number of amides is 1. The van der Waals surface area contributed by atoms with Gasteiger partial charge in [-0.2, -0.15) is 0 Å². The van der Waals surface area contributed by atoms with E-state index in [4.69, 9.17) is 16.0 Å². The molecular weight excluding hydrogens is 240 g/mol. The summed E-state index contributed by atoms with van der Waals surface area (Å²) in [6.07, 6.45) is 2.24. The Labute approximate surface area is 106 Å². The van der Waals surface area contributed by atoms with Gasteiger partial charge in [-0.3, -0.25) is 4.79 Å². The highest BCUT2D eigenvalue weighted by atomic mass is 35.5. The molecule has 2 heterocycles. The van der Waals surface area contributed by atoms with Crippen molar-refractivity contribution in [2.45, 2.75) is 12.8 Å². The molecule has 1 amide bonds. The Hall–Kier alpha value is -1.00. The lowest BCUT2D eigenvalue weighted by atomic mass is 9.98. The molecule has 1 aromatic heterocycles. The smallest absolute Gasteiger partial charge is 0.289 e. The number of carbonyl (C=O) groups is 1. The lowest BCUT2D eigenvalue weighted by molar-refractivity contribution is 0.0731. The summed E-state index contributed by atoms with van der Waals surface area (Å²) >= 11 is 5.66. The lowest BCUT2D eigenvalue weighted by Crippen LogP contribution is -2.37. The molecule has 4 nitrogen and oxygen atoms in total. The third-order valence-corrected chi connectivity index (χ3v) is 3.32. The number of piperidine rings is 1. The normalized spacial score (nSPS) is 17.1. The predicted molar refractivity (Wildman–Crippen MR) is 66.3 cm³/mol. The molecule has 1 aromatic rings. The highest BCUT2D eigenvalue weighted by Gasteiger charge is 2.20. The van der Waals surface area contributed by atoms with E-state index in [1.54, 1.807) is 24.1 Å². The molecule has 0 radical (unpaired) electrons. The van der Waals surface area contributed by atoms with Gasteiger partial charge in [-0.25, -0.2) is 0 Å². The number of carbonyl (C=O) groups excluding carboxylic acids is 1. The summed E-state index contributed by atoms with van der Waals surface area (Å²) in [6.45, 7) is 2.86. The number of furan rings is 1. The SMILES string of the molecule is CN(CC1CCNCC1)C(=O)c1ccc(Cl)o1. The number of hydrogen-bond donors (Lipinski definition) is 1. The molecule has 1 fully saturated rings. The van der Waals surface area contributed by atoms with Crippen molar-refractivity contribution in [2.24, 2.45) is 5.92 Å². The van der Waals surface area contributed by atoms with Crippen LogP contribution < -0.4 is 5.32 Å². The second kappa shape index (κ2) is 5.56. The van der Waals surface area contributed by atoms with Gasteiger partial charge >= 0.3 is 0 Å². The quantitative estimate of drug-likeness (QED) is 0.900. The van der Waals surface area contributed by atoms with Crippen molar-refractivity contribution in [3.05, 3.63) is 23.1 Å². The van der Waals surface area contributed by atoms with E-state index in [1.807, 2.05) is 0 Å². The highest BCUT2D eigenvalue weighted by molar-refractivity contribution is 6.29. The van der Waals surface area contributed by atoms with Gasteiger partial charge in [-0.1, -0.05) is 0 Å². The van der Waals surface area contributed by atoms with Crippen molar-refractivity contribution >= 4 is 17.5 Å². The molecule has 1 saturated heterocycles. The van der Waals surface area contributed by atoms with E-state index in [-0.39, 0.29) is 11.1 Å². The van der Waals surface area contributed by atoms with E-state index in [2.05, 4.69) is 5.32 Å². The molecule has 0 atom stereocenters. The lowest BCUT2D eigenvalue weighted by Gasteiger charge is -2.27. The Kier molecular flexibility index (Phi) is 4.07. The Morgan fingerprint density at radius 3 is 2.82 bits per heavy atom. The first-order valence-corrected chi connectivity index (χ1v) is 6.26. The number of nitrogens with one attached hydrogen (secondary N) is 1. The molecule has 17 heavy (non-hydrogen) atoms. The van der Waals surface area contributed by atoms with Gasteiger partial charge in [0.15, 0.2) is 11.0 Å². The minimum atomic E-state index is -0.101. The summed E-state index contributed by atoms with van der Waals surface area (Å²) in [5.41, 5.74) is 0. The van der Waals surface area contributed by atoms with Gasteiger partial charge in [0.05, 0.1) is 0 Å². The van der Waals surface area contributed by atoms with Crippen LogP contribution in [0.15, 0.2) is 16.5 Å². The number of hydrogen-bond acceptors (Lipinski definition) is 3. The van der Waals surface area contributed by atoms with Gasteiger partial charge in [-0.05, 0) is 55.6 Å². The first kappa shape index (κ1) is 12.5. The van der Waals surface area contributed by atoms with Crippen molar-refractivity contribution < 1.29 is 9.21 Å². The van der Waals surface area contributed by atoms with Crippen LogP contribution >= 0.6 is 11.6 Å². The second-order valence-corrected chi connectivity index (χ2v) is 4.86. The van der Waals surface area contributed by atoms with Crippen LogP contribution in [0.1, 0.15) is 23.4 Å². The van der Waals surface area contributed by atoms with Gasteiger partial charge in [0.1, 0.15) is 0 Å². The van der Waals surface area contributed by atoms with E-state index in [1.165, 1.54) is 0 Å². The van der Waals surface area contributed by atoms with Crippen molar-refractivity contribution in [3.8, 4) is 0 Å². The topological polar surface area (TPSA) is 45.5 Å². The summed E-state index contributed by atoms with van der Waals surface area (Å²) in [6, 6.07) is 3.21. The van der Waals surface area contributed by atoms with Crippen LogP contribution in [0.5, 0.6) is 0 Å². The Morgan fingerprint density at radius 1 is 1.53 bits per heavy atom. The standard InChI is InChI=1S/C12H17ClN2O2/c1-15(8-9-4-6-14-7-5-9)12(16)10-2-3-11(13)17-10/h2-3,9,14H,4-8H2,1H3. The zero-order valence-electron chi connectivity index (χ0n) is 9.91. The average Bonchev–Trinajstić information content (AvgIpc) is 2.76. The van der Waals surface area contributed by atoms with E-state index in [9.17, 15) is 4.79 Å². The summed E-state index contributed by atoms with van der Waals surface area (Å²) in [4.78, 5) is 13.7. The summed E-state index contributed by atoms with van der Waals surface area (Å²) in [5.74, 6) is 0.789. The zero-order chi connectivity index (χ0) is 12.3. The average molecular weight is 257 g/mol. The van der Waals surface area contributed by atoms with Crippen LogP contribution in [0.4, 0.5) is 0 Å². The molecule has 0 spiro atoms. The fourth-order valence-corrected chi connectivity index (χ4v) is 2.30. The molecule has 0 bridgehead atoms. The molecular formula is C12H17ClN2O2. The summed E-state index contributed by atoms with van der Waals surface area (Å²) in [5, 5.41) is 3.57. The molecule has 0 unspecified atom stereocenters. The first-order chi connectivity index (χ1) is 8.16. The Bertz CT molecular complexity index is 386. The van der Waals surface area contributed by atoms with Gasteiger partial charge in [0.25, 0.3) is 5.91 Å². The van der Waals surface area contributed by atoms with E-state index in [0.717, 1.165) is 32.5 Å². The molecule has 1 N–H and O–H groups in total. The van der Waals surface area contributed by atoms with Crippen molar-refractivity contribution in [2.75, 3.05) is 26.7 Å². The minimum absolute atomic E-state index is 0.101. The maximum atomic E-state index is 12.0. The number of halogens is 1. The second-order valence-electron chi connectivity index (χ2n) is 4.48. The maximum Gasteiger partial charge on any atom is 0.289 e. The van der Waals surface area contributed by atoms with Gasteiger partial charge in [0, 0.05) is 13.6 Å². The highest BCUT2D eigenvalue weighted by Crippen LogP contribution is 2.17. The predicted octanol–water partition coefficient (Wildman–Crippen LogP) is 2.00. The number of nitrogens with zero attached hydrogens (tertiary/aromatic N) is 1. The van der Waals surface area contributed by atoms with Crippen molar-refractivity contribution in [3.63, 3.8) is 0 Å². The van der Waals surface area contributed by atoms with Crippen LogP contribution in [0.2, 0.25) is 5.22 Å². The molecule has 0 saturated carbocycles. The van der Waals surface area contributed by atoms with Crippen LogP contribution in [-0.4, -0.2) is 37.5 Å². The van der Waals surface area contributed by atoms with Crippen LogP contribution in [0.3, 0.4) is 0 Å². The molecule has 2 rings (SSSR count). The third-order valence-electron chi connectivity index (χ3n) is 3.12. The molecule has 0 aromatic carbocycles. The van der Waals surface area contributed by atoms with E-state index >= 15 is 0 Å².